The van der Waals surface area contributed by atoms with Crippen LogP contribution in [0.1, 0.15) is 31.7 Å². The summed E-state index contributed by atoms with van der Waals surface area (Å²) in [5.41, 5.74) is 1.43. The minimum Gasteiger partial charge on any atom is -0.316 e. The Bertz CT molecular complexity index is 261. The average Bonchev–Trinajstić information content (AvgIpc) is 2.34. The fourth-order valence-corrected chi connectivity index (χ4v) is 2.30. The Kier molecular flexibility index (Phi) is 7.35. The zero-order valence-electron chi connectivity index (χ0n) is 10.4. The molecule has 1 rings (SSSR count). The van der Waals surface area contributed by atoms with Crippen LogP contribution in [0.5, 0.6) is 0 Å². The number of hydrogen-bond donors (Lipinski definition) is 1. The molecule has 90 valence electrons. The Morgan fingerprint density at radius 2 is 2.00 bits per heavy atom. The zero-order chi connectivity index (χ0) is 11.6. The second kappa shape index (κ2) is 8.66. The van der Waals surface area contributed by atoms with Gasteiger partial charge in [0.25, 0.3) is 0 Å². The van der Waals surface area contributed by atoms with Crippen molar-refractivity contribution < 1.29 is 0 Å². The van der Waals surface area contributed by atoms with Gasteiger partial charge in [0.15, 0.2) is 0 Å². The van der Waals surface area contributed by atoms with Crippen LogP contribution >= 0.6 is 11.8 Å². The van der Waals surface area contributed by atoms with Gasteiger partial charge < -0.3 is 5.32 Å². The lowest BCUT2D eigenvalue weighted by molar-refractivity contribution is 0.611. The summed E-state index contributed by atoms with van der Waals surface area (Å²) in [6.07, 6.45) is 1.28. The maximum atomic E-state index is 3.53. The lowest BCUT2D eigenvalue weighted by atomic mass is 10.0. The quantitative estimate of drug-likeness (QED) is 0.694. The van der Waals surface area contributed by atoms with Crippen molar-refractivity contribution in [3.8, 4) is 0 Å². The van der Waals surface area contributed by atoms with E-state index in [9.17, 15) is 0 Å². The van der Waals surface area contributed by atoms with Gasteiger partial charge in [0.2, 0.25) is 0 Å². The molecule has 2 heteroatoms. The summed E-state index contributed by atoms with van der Waals surface area (Å²) in [7, 11) is 0. The van der Waals surface area contributed by atoms with Gasteiger partial charge in [0.05, 0.1) is 0 Å². The summed E-state index contributed by atoms with van der Waals surface area (Å²) in [4.78, 5) is 0. The van der Waals surface area contributed by atoms with E-state index >= 15 is 0 Å². The van der Waals surface area contributed by atoms with Gasteiger partial charge in [-0.2, -0.15) is 11.8 Å². The van der Waals surface area contributed by atoms with Gasteiger partial charge in [0, 0.05) is 6.54 Å². The summed E-state index contributed by atoms with van der Waals surface area (Å²) in [5.74, 6) is 3.13. The monoisotopic (exact) mass is 237 g/mol. The Balaban J connectivity index is 2.09. The van der Waals surface area contributed by atoms with Gasteiger partial charge in [-0.1, -0.05) is 44.2 Å². The number of benzene rings is 1. The predicted molar refractivity (Wildman–Crippen MR) is 75.3 cm³/mol. The molecule has 0 saturated heterocycles. The largest absolute Gasteiger partial charge is 0.316 e. The van der Waals surface area contributed by atoms with Gasteiger partial charge in [-0.25, -0.2) is 0 Å². The molecular weight excluding hydrogens is 214 g/mol. The highest BCUT2D eigenvalue weighted by molar-refractivity contribution is 7.99. The highest BCUT2D eigenvalue weighted by atomic mass is 32.2. The molecule has 0 saturated carbocycles. The molecule has 0 bridgehead atoms. The smallest absolute Gasteiger partial charge is 0.00174 e. The first-order chi connectivity index (χ1) is 7.84. The number of nitrogens with one attached hydrogen (secondary N) is 1. The summed E-state index contributed by atoms with van der Waals surface area (Å²) in [6, 6.07) is 10.7. The predicted octanol–water partition coefficient (Wildman–Crippen LogP) is 3.52. The zero-order valence-corrected chi connectivity index (χ0v) is 11.2. The first kappa shape index (κ1) is 13.6. The van der Waals surface area contributed by atoms with Crippen LogP contribution in [0.25, 0.3) is 0 Å². The summed E-state index contributed by atoms with van der Waals surface area (Å²) >= 11 is 2.02. The molecule has 0 aromatic heterocycles. The Morgan fingerprint density at radius 3 is 2.69 bits per heavy atom. The van der Waals surface area contributed by atoms with Crippen LogP contribution in [0.4, 0.5) is 0 Å². The standard InChI is InChI=1S/C14H23NS/c1-3-16-11-7-10-15-12-13(2)14-8-5-4-6-9-14/h4-6,8-9,13,15H,3,7,10-12H2,1-2H3. The summed E-state index contributed by atoms with van der Waals surface area (Å²) < 4.78 is 0. The molecule has 0 amide bonds. The lowest BCUT2D eigenvalue weighted by Gasteiger charge is -2.12. The molecule has 0 spiro atoms. The Labute approximate surface area is 104 Å². The van der Waals surface area contributed by atoms with Gasteiger partial charge in [0.1, 0.15) is 0 Å². The topological polar surface area (TPSA) is 12.0 Å². The van der Waals surface area contributed by atoms with Crippen molar-refractivity contribution in [1.29, 1.82) is 0 Å². The molecule has 0 fully saturated rings. The van der Waals surface area contributed by atoms with E-state index < -0.39 is 0 Å². The molecule has 16 heavy (non-hydrogen) atoms. The Hall–Kier alpha value is -0.470. The highest BCUT2D eigenvalue weighted by Crippen LogP contribution is 2.12. The van der Waals surface area contributed by atoms with E-state index in [1.165, 1.54) is 23.5 Å². The molecule has 1 atom stereocenters. The fourth-order valence-electron chi connectivity index (χ4n) is 1.66. The normalized spacial score (nSPS) is 12.6. The third-order valence-electron chi connectivity index (χ3n) is 2.67. The van der Waals surface area contributed by atoms with Crippen molar-refractivity contribution in [2.75, 3.05) is 24.6 Å². The maximum absolute atomic E-state index is 3.53. The molecule has 1 N–H and O–H groups in total. The van der Waals surface area contributed by atoms with Crippen LogP contribution in [0.2, 0.25) is 0 Å². The summed E-state index contributed by atoms with van der Waals surface area (Å²) in [6.45, 7) is 6.73. The van der Waals surface area contributed by atoms with Crippen LogP contribution in [0.3, 0.4) is 0 Å². The number of hydrogen-bond acceptors (Lipinski definition) is 2. The summed E-state index contributed by atoms with van der Waals surface area (Å²) in [5, 5.41) is 3.53. The van der Waals surface area contributed by atoms with Gasteiger partial charge in [-0.3, -0.25) is 0 Å². The van der Waals surface area contributed by atoms with Crippen molar-refractivity contribution in [2.45, 2.75) is 26.2 Å². The molecule has 0 heterocycles. The van der Waals surface area contributed by atoms with E-state index in [0.29, 0.717) is 5.92 Å². The Morgan fingerprint density at radius 1 is 1.25 bits per heavy atom. The molecule has 0 aliphatic heterocycles. The first-order valence-corrected chi connectivity index (χ1v) is 7.33. The molecule has 1 nitrogen and oxygen atoms in total. The van der Waals surface area contributed by atoms with E-state index in [1.54, 1.807) is 0 Å². The van der Waals surface area contributed by atoms with Gasteiger partial charge >= 0.3 is 0 Å². The minimum absolute atomic E-state index is 0.611. The van der Waals surface area contributed by atoms with Crippen molar-refractivity contribution in [3.63, 3.8) is 0 Å². The van der Waals surface area contributed by atoms with Crippen LogP contribution in [0.15, 0.2) is 30.3 Å². The van der Waals surface area contributed by atoms with Crippen molar-refractivity contribution >= 4 is 11.8 Å². The van der Waals surface area contributed by atoms with Gasteiger partial charge in [-0.05, 0) is 36.0 Å². The maximum Gasteiger partial charge on any atom is 0.00174 e. The number of rotatable bonds is 8. The highest BCUT2D eigenvalue weighted by Gasteiger charge is 2.03. The van der Waals surface area contributed by atoms with E-state index in [0.717, 1.165) is 13.1 Å². The lowest BCUT2D eigenvalue weighted by Crippen LogP contribution is -2.21. The van der Waals surface area contributed by atoms with Crippen molar-refractivity contribution in [1.82, 2.24) is 5.32 Å². The fraction of sp³-hybridized carbons (Fsp3) is 0.571. The number of thioether (sulfide) groups is 1. The molecule has 1 aromatic carbocycles. The van der Waals surface area contributed by atoms with Gasteiger partial charge in [-0.15, -0.1) is 0 Å². The van der Waals surface area contributed by atoms with Crippen LogP contribution in [-0.4, -0.2) is 24.6 Å². The molecule has 0 aliphatic rings. The minimum atomic E-state index is 0.611. The molecular formula is C14H23NS. The molecule has 1 aromatic rings. The molecule has 0 radical (unpaired) electrons. The van der Waals surface area contributed by atoms with E-state index in [4.69, 9.17) is 0 Å². The van der Waals surface area contributed by atoms with Crippen LogP contribution in [0, 0.1) is 0 Å². The molecule has 1 unspecified atom stereocenters. The van der Waals surface area contributed by atoms with Crippen molar-refractivity contribution in [3.05, 3.63) is 35.9 Å². The second-order valence-corrected chi connectivity index (χ2v) is 5.46. The SMILES string of the molecule is CCSCCCNCC(C)c1ccccc1. The second-order valence-electron chi connectivity index (χ2n) is 4.07. The van der Waals surface area contributed by atoms with E-state index in [-0.39, 0.29) is 0 Å². The van der Waals surface area contributed by atoms with Crippen LogP contribution in [-0.2, 0) is 0 Å². The first-order valence-electron chi connectivity index (χ1n) is 6.18. The van der Waals surface area contributed by atoms with Crippen LogP contribution < -0.4 is 5.32 Å². The van der Waals surface area contributed by atoms with E-state index in [1.807, 2.05) is 11.8 Å². The average molecular weight is 237 g/mol. The van der Waals surface area contributed by atoms with Crippen molar-refractivity contribution in [2.24, 2.45) is 0 Å². The molecule has 0 aliphatic carbocycles. The third kappa shape index (κ3) is 5.57. The third-order valence-corrected chi connectivity index (χ3v) is 3.65. The van der Waals surface area contributed by atoms with E-state index in [2.05, 4.69) is 49.5 Å².